The van der Waals surface area contributed by atoms with Crippen LogP contribution in [0, 0.1) is 6.92 Å². The predicted octanol–water partition coefficient (Wildman–Crippen LogP) is 2.71. The fourth-order valence-electron chi connectivity index (χ4n) is 2.42. The molecular formula is C15H13NO6. The second-order valence-electron chi connectivity index (χ2n) is 4.67. The van der Waals surface area contributed by atoms with E-state index in [4.69, 9.17) is 18.3 Å². The number of carbonyl (C=O) groups excluding carboxylic acids is 1. The molecular weight excluding hydrogens is 290 g/mol. The van der Waals surface area contributed by atoms with Gasteiger partial charge in [0.15, 0.2) is 16.9 Å². The average Bonchev–Trinajstić information content (AvgIpc) is 2.95. The van der Waals surface area contributed by atoms with E-state index in [1.54, 1.807) is 13.0 Å². The Kier molecular flexibility index (Phi) is 3.25. The number of nitrogens with zero attached hydrogens (tertiary/aromatic N) is 1. The Morgan fingerprint density at radius 1 is 1.32 bits per heavy atom. The lowest BCUT2D eigenvalue weighted by molar-refractivity contribution is -0.131. The largest absolute Gasteiger partial charge is 0.490 e. The zero-order valence-electron chi connectivity index (χ0n) is 12.2. The van der Waals surface area contributed by atoms with Crippen molar-refractivity contribution in [2.24, 2.45) is 5.16 Å². The number of furan rings is 1. The molecule has 7 heteroatoms. The third-order valence-electron chi connectivity index (χ3n) is 3.19. The molecule has 1 N–H and O–H groups in total. The maximum Gasteiger partial charge on any atom is 0.308 e. The number of fused-ring (bicyclic) bond motifs is 2. The number of esters is 1. The summed E-state index contributed by atoms with van der Waals surface area (Å²) in [6, 6.07) is 3.16. The lowest BCUT2D eigenvalue weighted by Crippen LogP contribution is -2.10. The highest BCUT2D eigenvalue weighted by molar-refractivity contribution is 6.07. The van der Waals surface area contributed by atoms with Crippen LogP contribution in [0.4, 0.5) is 0 Å². The van der Waals surface area contributed by atoms with Crippen molar-refractivity contribution >= 4 is 27.9 Å². The fraction of sp³-hybridized carbons (Fsp3) is 0.200. The van der Waals surface area contributed by atoms with Crippen LogP contribution in [0.1, 0.15) is 12.7 Å². The van der Waals surface area contributed by atoms with Gasteiger partial charge in [-0.25, -0.2) is 0 Å². The van der Waals surface area contributed by atoms with E-state index in [1.807, 2.05) is 0 Å². The van der Waals surface area contributed by atoms with Crippen LogP contribution in [-0.2, 0) is 4.79 Å². The summed E-state index contributed by atoms with van der Waals surface area (Å²) in [4.78, 5) is 11.4. The van der Waals surface area contributed by atoms with Gasteiger partial charge in [-0.15, -0.1) is 0 Å². The molecule has 0 atom stereocenters. The molecule has 3 rings (SSSR count). The number of carbonyl (C=O) groups is 1. The molecule has 22 heavy (non-hydrogen) atoms. The van der Waals surface area contributed by atoms with Crippen molar-refractivity contribution in [3.05, 3.63) is 29.5 Å². The van der Waals surface area contributed by atoms with Gasteiger partial charge < -0.3 is 23.5 Å². The summed E-state index contributed by atoms with van der Waals surface area (Å²) in [7, 11) is 1.47. The number of ether oxygens (including phenoxy) is 2. The second-order valence-corrected chi connectivity index (χ2v) is 4.67. The van der Waals surface area contributed by atoms with Crippen LogP contribution in [0.3, 0.4) is 0 Å². The average molecular weight is 303 g/mol. The van der Waals surface area contributed by atoms with E-state index < -0.39 is 5.97 Å². The van der Waals surface area contributed by atoms with Crippen LogP contribution in [0.25, 0.3) is 21.9 Å². The SMILES string of the molecule is COc1c2occc2c(OC(C)=O)c2c(=NO)cc(C)oc12. The monoisotopic (exact) mass is 303 g/mol. The molecule has 2 aromatic heterocycles. The molecule has 3 aromatic rings. The standard InChI is InChI=1S/C15H13NO6/c1-7-6-10(16-18)11-12(22-8(2)17)9-4-5-20-13(9)15(19-3)14(11)21-7/h4-6,18H,1-3H3. The van der Waals surface area contributed by atoms with Crippen LogP contribution in [0.5, 0.6) is 11.5 Å². The van der Waals surface area contributed by atoms with Crippen molar-refractivity contribution < 1.29 is 28.3 Å². The van der Waals surface area contributed by atoms with Gasteiger partial charge in [-0.3, -0.25) is 4.79 Å². The van der Waals surface area contributed by atoms with Crippen LogP contribution in [0.15, 0.2) is 32.4 Å². The van der Waals surface area contributed by atoms with E-state index in [2.05, 4.69) is 5.16 Å². The molecule has 0 amide bonds. The van der Waals surface area contributed by atoms with Gasteiger partial charge in [-0.1, -0.05) is 5.16 Å². The maximum atomic E-state index is 11.4. The first-order chi connectivity index (χ1) is 10.6. The molecule has 0 spiro atoms. The first-order valence-electron chi connectivity index (χ1n) is 6.45. The normalized spacial score (nSPS) is 12.0. The fourth-order valence-corrected chi connectivity index (χ4v) is 2.42. The van der Waals surface area contributed by atoms with Crippen LogP contribution < -0.4 is 14.8 Å². The smallest absolute Gasteiger partial charge is 0.308 e. The summed E-state index contributed by atoms with van der Waals surface area (Å²) >= 11 is 0. The molecule has 0 radical (unpaired) electrons. The van der Waals surface area contributed by atoms with Crippen molar-refractivity contribution in [1.29, 1.82) is 0 Å². The molecule has 0 saturated heterocycles. The highest BCUT2D eigenvalue weighted by Gasteiger charge is 2.23. The Balaban J connectivity index is 2.63. The van der Waals surface area contributed by atoms with Crippen molar-refractivity contribution in [1.82, 2.24) is 0 Å². The molecule has 0 unspecified atom stereocenters. The Labute approximate surface area is 124 Å². The minimum atomic E-state index is -0.515. The summed E-state index contributed by atoms with van der Waals surface area (Å²) in [5.41, 5.74) is 0.651. The molecule has 0 aliphatic carbocycles. The third kappa shape index (κ3) is 1.98. The van der Waals surface area contributed by atoms with Gasteiger partial charge >= 0.3 is 5.97 Å². The van der Waals surface area contributed by atoms with Gasteiger partial charge in [0.05, 0.1) is 24.1 Å². The maximum absolute atomic E-state index is 11.4. The molecule has 114 valence electrons. The second kappa shape index (κ2) is 5.10. The number of aryl methyl sites for hydroxylation is 1. The lowest BCUT2D eigenvalue weighted by atomic mass is 10.1. The third-order valence-corrected chi connectivity index (χ3v) is 3.19. The molecule has 0 saturated carbocycles. The van der Waals surface area contributed by atoms with Gasteiger partial charge in [-0.2, -0.15) is 0 Å². The first kappa shape index (κ1) is 14.0. The number of rotatable bonds is 2. The number of hydrogen-bond acceptors (Lipinski definition) is 7. The van der Waals surface area contributed by atoms with E-state index in [9.17, 15) is 10.0 Å². The van der Waals surface area contributed by atoms with Crippen molar-refractivity contribution in [2.75, 3.05) is 7.11 Å². The summed E-state index contributed by atoms with van der Waals surface area (Å²) in [5, 5.41) is 13.6. The van der Waals surface area contributed by atoms with E-state index in [0.717, 1.165) is 0 Å². The topological polar surface area (TPSA) is 94.4 Å². The summed E-state index contributed by atoms with van der Waals surface area (Å²) in [5.74, 6) is 0.514. The van der Waals surface area contributed by atoms with E-state index in [0.29, 0.717) is 27.9 Å². The minimum absolute atomic E-state index is 0.198. The van der Waals surface area contributed by atoms with Crippen LogP contribution >= 0.6 is 0 Å². The van der Waals surface area contributed by atoms with E-state index >= 15 is 0 Å². The molecule has 0 aliphatic heterocycles. The summed E-state index contributed by atoms with van der Waals surface area (Å²) in [6.45, 7) is 2.98. The van der Waals surface area contributed by atoms with Crippen LogP contribution in [0.2, 0.25) is 0 Å². The van der Waals surface area contributed by atoms with Gasteiger partial charge in [-0.05, 0) is 13.0 Å². The Hall–Kier alpha value is -2.96. The Morgan fingerprint density at radius 2 is 2.09 bits per heavy atom. The van der Waals surface area contributed by atoms with Gasteiger partial charge in [0.2, 0.25) is 5.75 Å². The zero-order chi connectivity index (χ0) is 15.9. The molecule has 0 fully saturated rings. The number of methoxy groups -OCH3 is 1. The van der Waals surface area contributed by atoms with Crippen molar-refractivity contribution in [3.8, 4) is 11.5 Å². The molecule has 1 aromatic carbocycles. The predicted molar refractivity (Wildman–Crippen MR) is 75.9 cm³/mol. The van der Waals surface area contributed by atoms with E-state index in [1.165, 1.54) is 26.4 Å². The number of benzene rings is 1. The van der Waals surface area contributed by atoms with Gasteiger partial charge in [0.25, 0.3) is 0 Å². The quantitative estimate of drug-likeness (QED) is 0.338. The van der Waals surface area contributed by atoms with E-state index in [-0.39, 0.29) is 16.7 Å². The summed E-state index contributed by atoms with van der Waals surface area (Å²) in [6.07, 6.45) is 1.45. The summed E-state index contributed by atoms with van der Waals surface area (Å²) < 4.78 is 21.8. The molecule has 0 bridgehead atoms. The first-order valence-corrected chi connectivity index (χ1v) is 6.45. The van der Waals surface area contributed by atoms with Crippen molar-refractivity contribution in [3.63, 3.8) is 0 Å². The molecule has 0 aliphatic rings. The minimum Gasteiger partial charge on any atom is -0.490 e. The highest BCUT2D eigenvalue weighted by Crippen LogP contribution is 2.42. The van der Waals surface area contributed by atoms with Gasteiger partial charge in [0, 0.05) is 13.0 Å². The number of hydrogen-bond donors (Lipinski definition) is 1. The Morgan fingerprint density at radius 3 is 2.73 bits per heavy atom. The Bertz CT molecular complexity index is 950. The van der Waals surface area contributed by atoms with Crippen molar-refractivity contribution in [2.45, 2.75) is 13.8 Å². The molecule has 2 heterocycles. The zero-order valence-corrected chi connectivity index (χ0v) is 12.2. The van der Waals surface area contributed by atoms with Crippen LogP contribution in [-0.4, -0.2) is 18.3 Å². The van der Waals surface area contributed by atoms with Gasteiger partial charge in [0.1, 0.15) is 11.1 Å². The lowest BCUT2D eigenvalue weighted by Gasteiger charge is -2.11. The molecule has 7 nitrogen and oxygen atoms in total. The highest BCUT2D eigenvalue weighted by atomic mass is 16.5.